The Bertz CT molecular complexity index is 719. The van der Waals surface area contributed by atoms with E-state index < -0.39 is 0 Å². The van der Waals surface area contributed by atoms with Gasteiger partial charge in [0, 0.05) is 24.9 Å². The van der Waals surface area contributed by atoms with Crippen LogP contribution in [0.2, 0.25) is 0 Å². The van der Waals surface area contributed by atoms with Gasteiger partial charge in [0.25, 0.3) is 0 Å². The van der Waals surface area contributed by atoms with E-state index in [9.17, 15) is 4.79 Å². The lowest BCUT2D eigenvalue weighted by Crippen LogP contribution is -2.40. The summed E-state index contributed by atoms with van der Waals surface area (Å²) < 4.78 is 0. The second-order valence-corrected chi connectivity index (χ2v) is 7.55. The zero-order valence-corrected chi connectivity index (χ0v) is 15.3. The maximum atomic E-state index is 12.5. The van der Waals surface area contributed by atoms with Gasteiger partial charge in [-0.2, -0.15) is 0 Å². The molecule has 1 aliphatic heterocycles. The predicted octanol–water partition coefficient (Wildman–Crippen LogP) is 3.93. The summed E-state index contributed by atoms with van der Waals surface area (Å²) in [5.41, 5.74) is 0.970. The number of fused-ring (bicyclic) bond motifs is 1. The molecule has 0 aliphatic carbocycles. The highest BCUT2D eigenvalue weighted by atomic mass is 32.2. The maximum absolute atomic E-state index is 12.5. The van der Waals surface area contributed by atoms with Crippen LogP contribution >= 0.6 is 11.8 Å². The molecule has 128 valence electrons. The van der Waals surface area contributed by atoms with Gasteiger partial charge in [-0.15, -0.1) is 0 Å². The zero-order chi connectivity index (χ0) is 16.9. The predicted molar refractivity (Wildman–Crippen MR) is 99.2 cm³/mol. The number of benzene rings is 1. The number of para-hydroxylation sites is 1. The summed E-state index contributed by atoms with van der Waals surface area (Å²) in [6.07, 6.45) is 4.24. The fourth-order valence-electron chi connectivity index (χ4n) is 3.18. The molecule has 1 saturated heterocycles. The number of aryl methyl sites for hydroxylation is 1. The maximum Gasteiger partial charge on any atom is 0.232 e. The van der Waals surface area contributed by atoms with Crippen molar-refractivity contribution in [2.75, 3.05) is 18.8 Å². The summed E-state index contributed by atoms with van der Waals surface area (Å²) >= 11 is 1.55. The number of piperidine rings is 1. The Morgan fingerprint density at radius 1 is 1.33 bits per heavy atom. The van der Waals surface area contributed by atoms with E-state index in [1.807, 2.05) is 29.2 Å². The van der Waals surface area contributed by atoms with Crippen molar-refractivity contribution in [2.24, 2.45) is 5.92 Å². The van der Waals surface area contributed by atoms with Crippen LogP contribution in [0.4, 0.5) is 0 Å². The monoisotopic (exact) mass is 343 g/mol. The normalized spacial score (nSPS) is 18.1. The molecule has 0 spiro atoms. The average Bonchev–Trinajstić information content (AvgIpc) is 2.59. The van der Waals surface area contributed by atoms with Crippen molar-refractivity contribution >= 4 is 28.6 Å². The van der Waals surface area contributed by atoms with Gasteiger partial charge in [0.15, 0.2) is 0 Å². The number of likely N-dealkylation sites (tertiary alicyclic amines) is 1. The number of rotatable bonds is 5. The van der Waals surface area contributed by atoms with Crippen LogP contribution in [-0.4, -0.2) is 39.6 Å². The third-order valence-electron chi connectivity index (χ3n) is 4.43. The van der Waals surface area contributed by atoms with Crippen molar-refractivity contribution in [3.05, 3.63) is 30.1 Å². The van der Waals surface area contributed by atoms with Crippen molar-refractivity contribution in [3.63, 3.8) is 0 Å². The molecule has 2 heterocycles. The molecule has 0 bridgehead atoms. The second kappa shape index (κ2) is 7.97. The van der Waals surface area contributed by atoms with Crippen LogP contribution in [-0.2, 0) is 11.2 Å². The van der Waals surface area contributed by atoms with Crippen LogP contribution < -0.4 is 0 Å². The lowest BCUT2D eigenvalue weighted by molar-refractivity contribution is -0.130. The van der Waals surface area contributed by atoms with Crippen LogP contribution in [0, 0.1) is 5.92 Å². The van der Waals surface area contributed by atoms with E-state index >= 15 is 0 Å². The summed E-state index contributed by atoms with van der Waals surface area (Å²) in [5, 5.41) is 1.98. The molecule has 1 amide bonds. The lowest BCUT2D eigenvalue weighted by Gasteiger charge is -2.30. The summed E-state index contributed by atoms with van der Waals surface area (Å²) in [6.45, 7) is 6.15. The van der Waals surface area contributed by atoms with E-state index in [1.54, 1.807) is 11.8 Å². The van der Waals surface area contributed by atoms with E-state index in [4.69, 9.17) is 4.98 Å². The van der Waals surface area contributed by atoms with Gasteiger partial charge in [-0.3, -0.25) is 4.79 Å². The number of thioether (sulfide) groups is 1. The first-order chi connectivity index (χ1) is 11.7. The highest BCUT2D eigenvalue weighted by molar-refractivity contribution is 8.00. The molecule has 3 rings (SSSR count). The summed E-state index contributed by atoms with van der Waals surface area (Å²) in [4.78, 5) is 23.9. The van der Waals surface area contributed by atoms with Crippen LogP contribution in [0.15, 0.2) is 29.3 Å². The van der Waals surface area contributed by atoms with Gasteiger partial charge in [-0.1, -0.05) is 43.8 Å². The van der Waals surface area contributed by atoms with Gasteiger partial charge in [0.05, 0.1) is 11.3 Å². The minimum absolute atomic E-state index is 0.228. The molecule has 1 aromatic heterocycles. The molecule has 0 N–H and O–H groups in total. The minimum Gasteiger partial charge on any atom is -0.342 e. The van der Waals surface area contributed by atoms with Crippen LogP contribution in [0.3, 0.4) is 0 Å². The quantitative estimate of drug-likeness (QED) is 0.609. The van der Waals surface area contributed by atoms with Crippen LogP contribution in [0.1, 0.15) is 38.9 Å². The minimum atomic E-state index is 0.228. The molecular weight excluding hydrogens is 318 g/mol. The van der Waals surface area contributed by atoms with E-state index in [1.165, 1.54) is 6.42 Å². The SMILES string of the molecule is CCCc1nc(SCC(=O)N2CCC[C@@H](C)C2)c2ccccc2n1. The van der Waals surface area contributed by atoms with Gasteiger partial charge in [0.1, 0.15) is 10.9 Å². The Labute approximate surface area is 148 Å². The molecule has 1 aromatic carbocycles. The Kier molecular flexibility index (Phi) is 5.72. The molecule has 1 aliphatic rings. The first-order valence-corrected chi connectivity index (χ1v) is 9.82. The summed E-state index contributed by atoms with van der Waals surface area (Å²) in [5.74, 6) is 2.17. The molecule has 0 saturated carbocycles. The smallest absolute Gasteiger partial charge is 0.232 e. The summed E-state index contributed by atoms with van der Waals surface area (Å²) in [6, 6.07) is 8.07. The number of carbonyl (C=O) groups excluding carboxylic acids is 1. The molecule has 0 radical (unpaired) electrons. The van der Waals surface area contributed by atoms with Gasteiger partial charge in [-0.25, -0.2) is 9.97 Å². The molecule has 1 atom stereocenters. The lowest BCUT2D eigenvalue weighted by atomic mass is 10.0. The van der Waals surface area contributed by atoms with Gasteiger partial charge >= 0.3 is 0 Å². The summed E-state index contributed by atoms with van der Waals surface area (Å²) in [7, 11) is 0. The van der Waals surface area contributed by atoms with E-state index in [0.29, 0.717) is 11.7 Å². The molecule has 24 heavy (non-hydrogen) atoms. The van der Waals surface area contributed by atoms with Crippen LogP contribution in [0.5, 0.6) is 0 Å². The molecule has 1 fully saturated rings. The second-order valence-electron chi connectivity index (χ2n) is 6.59. The molecule has 4 nitrogen and oxygen atoms in total. The van der Waals surface area contributed by atoms with Crippen molar-refractivity contribution in [3.8, 4) is 0 Å². The zero-order valence-electron chi connectivity index (χ0n) is 14.5. The highest BCUT2D eigenvalue weighted by Crippen LogP contribution is 2.26. The Morgan fingerprint density at radius 3 is 2.96 bits per heavy atom. The van der Waals surface area contributed by atoms with Gasteiger partial charge in [0.2, 0.25) is 5.91 Å². The number of amides is 1. The average molecular weight is 343 g/mol. The number of hydrogen-bond donors (Lipinski definition) is 0. The van der Waals surface area contributed by atoms with E-state index in [0.717, 1.165) is 54.1 Å². The number of aromatic nitrogens is 2. The number of hydrogen-bond acceptors (Lipinski definition) is 4. The Morgan fingerprint density at radius 2 is 2.17 bits per heavy atom. The third kappa shape index (κ3) is 4.07. The topological polar surface area (TPSA) is 46.1 Å². The van der Waals surface area contributed by atoms with E-state index in [-0.39, 0.29) is 5.91 Å². The van der Waals surface area contributed by atoms with Gasteiger partial charge in [-0.05, 0) is 31.2 Å². The van der Waals surface area contributed by atoms with Crippen LogP contribution in [0.25, 0.3) is 10.9 Å². The first-order valence-electron chi connectivity index (χ1n) is 8.83. The largest absolute Gasteiger partial charge is 0.342 e. The fraction of sp³-hybridized carbons (Fsp3) is 0.526. The molecule has 0 unspecified atom stereocenters. The molecule has 2 aromatic rings. The van der Waals surface area contributed by atoms with Gasteiger partial charge < -0.3 is 4.90 Å². The highest BCUT2D eigenvalue weighted by Gasteiger charge is 2.21. The fourth-order valence-corrected chi connectivity index (χ4v) is 4.12. The van der Waals surface area contributed by atoms with Crippen molar-refractivity contribution in [1.82, 2.24) is 14.9 Å². The molecule has 5 heteroatoms. The van der Waals surface area contributed by atoms with E-state index in [2.05, 4.69) is 18.8 Å². The Balaban J connectivity index is 1.75. The number of carbonyl (C=O) groups is 1. The first kappa shape index (κ1) is 17.2. The van der Waals surface area contributed by atoms with Crippen molar-refractivity contribution in [2.45, 2.75) is 44.6 Å². The Hall–Kier alpha value is -1.62. The molecular formula is C19H25N3OS. The third-order valence-corrected chi connectivity index (χ3v) is 5.41. The van der Waals surface area contributed by atoms with Crippen molar-refractivity contribution in [1.29, 1.82) is 0 Å². The van der Waals surface area contributed by atoms with Crippen molar-refractivity contribution < 1.29 is 4.79 Å². The standard InChI is InChI=1S/C19H25N3OS/c1-3-7-17-20-16-10-5-4-9-15(16)19(21-17)24-13-18(23)22-11-6-8-14(2)12-22/h4-5,9-10,14H,3,6-8,11-13H2,1-2H3/t14-/m1/s1. The number of nitrogens with zero attached hydrogens (tertiary/aromatic N) is 3.